The Kier molecular flexibility index (Phi) is 5.52. The lowest BCUT2D eigenvalue weighted by atomic mass is 10.1. The fraction of sp³-hybridized carbons (Fsp3) is 0.222. The molecule has 3 aromatic rings. The molecule has 1 amide bonds. The van der Waals surface area contributed by atoms with Gasteiger partial charge in [0.1, 0.15) is 5.75 Å². The monoisotopic (exact) mass is 369 g/mol. The Labute approximate surface area is 155 Å². The average Bonchev–Trinajstić information content (AvgIpc) is 3.10. The first-order valence-corrected chi connectivity index (χ1v) is 9.01. The lowest BCUT2D eigenvalue weighted by Crippen LogP contribution is -2.27. The molecule has 0 aliphatic rings. The summed E-state index contributed by atoms with van der Waals surface area (Å²) in [4.78, 5) is 14.1. The summed E-state index contributed by atoms with van der Waals surface area (Å²) in [5.41, 5.74) is 3.00. The average molecular weight is 369 g/mol. The van der Waals surface area contributed by atoms with Gasteiger partial charge in [0.2, 0.25) is 11.1 Å². The van der Waals surface area contributed by atoms with Crippen LogP contribution >= 0.6 is 11.8 Å². The smallest absolute Gasteiger partial charge is 0.233 e. The third-order valence-electron chi connectivity index (χ3n) is 3.83. The largest absolute Gasteiger partial charge is 0.508 e. The fourth-order valence-electron chi connectivity index (χ4n) is 2.32. The number of benzene rings is 2. The number of nitrogens with zero attached hydrogens (tertiary/aromatic N) is 5. The van der Waals surface area contributed by atoms with E-state index in [1.165, 1.54) is 22.0 Å². The van der Waals surface area contributed by atoms with E-state index in [2.05, 4.69) is 15.5 Å². The van der Waals surface area contributed by atoms with Gasteiger partial charge in [-0.05, 0) is 47.2 Å². The molecule has 8 heteroatoms. The maximum Gasteiger partial charge on any atom is 0.233 e. The highest BCUT2D eigenvalue weighted by Gasteiger charge is 2.14. The molecule has 0 aliphatic heterocycles. The van der Waals surface area contributed by atoms with E-state index < -0.39 is 0 Å². The summed E-state index contributed by atoms with van der Waals surface area (Å²) in [6.45, 7) is 2.59. The number of rotatable bonds is 6. The molecule has 7 nitrogen and oxygen atoms in total. The Morgan fingerprint density at radius 2 is 1.85 bits per heavy atom. The van der Waals surface area contributed by atoms with Crippen LogP contribution in [0.15, 0.2) is 53.7 Å². The van der Waals surface area contributed by atoms with Gasteiger partial charge in [0.05, 0.1) is 11.4 Å². The Morgan fingerprint density at radius 1 is 1.15 bits per heavy atom. The van der Waals surface area contributed by atoms with Crippen LogP contribution in [-0.2, 0) is 11.3 Å². The first-order chi connectivity index (χ1) is 12.5. The molecule has 0 saturated heterocycles. The molecular weight excluding hydrogens is 350 g/mol. The van der Waals surface area contributed by atoms with Crippen LogP contribution < -0.4 is 0 Å². The number of hydrogen-bond acceptors (Lipinski definition) is 6. The van der Waals surface area contributed by atoms with E-state index in [0.717, 1.165) is 11.3 Å². The molecular formula is C18H19N5O2S. The highest BCUT2D eigenvalue weighted by Crippen LogP contribution is 2.20. The quantitative estimate of drug-likeness (QED) is 0.672. The van der Waals surface area contributed by atoms with Crippen LogP contribution in [0, 0.1) is 6.92 Å². The summed E-state index contributed by atoms with van der Waals surface area (Å²) in [5.74, 6) is 0.403. The number of carbonyl (C=O) groups excluding carboxylic acids is 1. The number of tetrazole rings is 1. The molecule has 1 heterocycles. The van der Waals surface area contributed by atoms with Crippen molar-refractivity contribution in [3.05, 3.63) is 59.7 Å². The lowest BCUT2D eigenvalue weighted by Gasteiger charge is -2.17. The van der Waals surface area contributed by atoms with Crippen molar-refractivity contribution < 1.29 is 9.90 Å². The van der Waals surface area contributed by atoms with E-state index in [1.807, 2.05) is 31.2 Å². The zero-order valence-electron chi connectivity index (χ0n) is 14.5. The zero-order valence-corrected chi connectivity index (χ0v) is 15.3. The fourth-order valence-corrected chi connectivity index (χ4v) is 3.15. The van der Waals surface area contributed by atoms with Crippen LogP contribution in [0.5, 0.6) is 5.75 Å². The third-order valence-corrected chi connectivity index (χ3v) is 4.73. The van der Waals surface area contributed by atoms with Crippen LogP contribution in [0.2, 0.25) is 0 Å². The number of phenols is 1. The maximum atomic E-state index is 12.4. The number of aromatic hydroxyl groups is 1. The van der Waals surface area contributed by atoms with Crippen LogP contribution in [0.4, 0.5) is 0 Å². The predicted octanol–water partition coefficient (Wildman–Crippen LogP) is 2.43. The molecule has 0 unspecified atom stereocenters. The number of carbonyl (C=O) groups is 1. The van der Waals surface area contributed by atoms with Gasteiger partial charge in [-0.3, -0.25) is 4.79 Å². The summed E-state index contributed by atoms with van der Waals surface area (Å²) in [7, 11) is 1.78. The zero-order chi connectivity index (χ0) is 18.5. The number of thioether (sulfide) groups is 1. The van der Waals surface area contributed by atoms with Gasteiger partial charge in [-0.2, -0.15) is 4.68 Å². The lowest BCUT2D eigenvalue weighted by molar-refractivity contribution is -0.127. The summed E-state index contributed by atoms with van der Waals surface area (Å²) < 4.78 is 1.54. The van der Waals surface area contributed by atoms with Gasteiger partial charge in [-0.25, -0.2) is 0 Å². The second-order valence-corrected chi connectivity index (χ2v) is 6.86. The Bertz CT molecular complexity index is 877. The SMILES string of the molecule is Cc1ccc(CN(C)C(=O)CSc2nnnn2-c2ccc(O)cc2)cc1. The first-order valence-electron chi connectivity index (χ1n) is 8.03. The molecule has 1 N–H and O–H groups in total. The number of aromatic nitrogens is 4. The number of phenolic OH excluding ortho intramolecular Hbond substituents is 1. The third kappa shape index (κ3) is 4.40. The van der Waals surface area contributed by atoms with E-state index in [0.29, 0.717) is 11.7 Å². The minimum absolute atomic E-state index is 0.00386. The standard InChI is InChI=1S/C18H19N5O2S/c1-13-3-5-14(6-4-13)11-22(2)17(25)12-26-18-19-20-21-23(18)15-7-9-16(24)10-8-15/h3-10,24H,11-12H2,1-2H3. The minimum Gasteiger partial charge on any atom is -0.508 e. The molecule has 1 aromatic heterocycles. The van der Waals surface area contributed by atoms with E-state index in [4.69, 9.17) is 0 Å². The van der Waals surface area contributed by atoms with Gasteiger partial charge in [0.25, 0.3) is 0 Å². The molecule has 2 aromatic carbocycles. The highest BCUT2D eigenvalue weighted by molar-refractivity contribution is 7.99. The number of amides is 1. The molecule has 26 heavy (non-hydrogen) atoms. The highest BCUT2D eigenvalue weighted by atomic mass is 32.2. The molecule has 0 radical (unpaired) electrons. The van der Waals surface area contributed by atoms with Crippen LogP contribution in [0.1, 0.15) is 11.1 Å². The predicted molar refractivity (Wildman–Crippen MR) is 99.2 cm³/mol. The maximum absolute atomic E-state index is 12.4. The Morgan fingerprint density at radius 3 is 2.54 bits per heavy atom. The first kappa shape index (κ1) is 17.9. The van der Waals surface area contributed by atoms with Gasteiger partial charge in [0.15, 0.2) is 0 Å². The van der Waals surface area contributed by atoms with E-state index in [9.17, 15) is 9.90 Å². The topological polar surface area (TPSA) is 84.1 Å². The molecule has 3 rings (SSSR count). The summed E-state index contributed by atoms with van der Waals surface area (Å²) in [6.07, 6.45) is 0. The van der Waals surface area contributed by atoms with Crippen molar-refractivity contribution in [2.45, 2.75) is 18.6 Å². The van der Waals surface area contributed by atoms with Crippen molar-refractivity contribution in [3.8, 4) is 11.4 Å². The van der Waals surface area contributed by atoms with E-state index in [-0.39, 0.29) is 17.4 Å². The van der Waals surface area contributed by atoms with Crippen molar-refractivity contribution in [2.24, 2.45) is 0 Å². The Hall–Kier alpha value is -2.87. The number of hydrogen-bond donors (Lipinski definition) is 1. The summed E-state index contributed by atoms with van der Waals surface area (Å²) >= 11 is 1.28. The Balaban J connectivity index is 1.60. The molecule has 0 spiro atoms. The van der Waals surface area contributed by atoms with E-state index >= 15 is 0 Å². The van der Waals surface area contributed by atoms with Gasteiger partial charge in [-0.15, -0.1) is 5.10 Å². The van der Waals surface area contributed by atoms with Crippen LogP contribution in [0.3, 0.4) is 0 Å². The van der Waals surface area contributed by atoms with Gasteiger partial charge in [0, 0.05) is 13.6 Å². The van der Waals surface area contributed by atoms with Gasteiger partial charge >= 0.3 is 0 Å². The van der Waals surface area contributed by atoms with Crippen molar-refractivity contribution in [1.29, 1.82) is 0 Å². The molecule has 0 atom stereocenters. The van der Waals surface area contributed by atoms with Crippen LogP contribution in [-0.4, -0.2) is 48.9 Å². The second-order valence-electron chi connectivity index (χ2n) is 5.91. The second kappa shape index (κ2) is 8.01. The molecule has 0 fully saturated rings. The van der Waals surface area contributed by atoms with Gasteiger partial charge < -0.3 is 10.0 Å². The summed E-state index contributed by atoms with van der Waals surface area (Å²) in [5, 5.41) is 21.5. The molecule has 134 valence electrons. The normalized spacial score (nSPS) is 10.7. The van der Waals surface area contributed by atoms with Crippen molar-refractivity contribution in [3.63, 3.8) is 0 Å². The molecule has 0 bridgehead atoms. The van der Waals surface area contributed by atoms with Crippen molar-refractivity contribution >= 4 is 17.7 Å². The van der Waals surface area contributed by atoms with E-state index in [1.54, 1.807) is 36.2 Å². The van der Waals surface area contributed by atoms with Crippen molar-refractivity contribution in [1.82, 2.24) is 25.1 Å². The van der Waals surface area contributed by atoms with Crippen LogP contribution in [0.25, 0.3) is 5.69 Å². The van der Waals surface area contributed by atoms with Gasteiger partial charge in [-0.1, -0.05) is 41.6 Å². The van der Waals surface area contributed by atoms with Crippen molar-refractivity contribution in [2.75, 3.05) is 12.8 Å². The molecule has 0 saturated carbocycles. The molecule has 0 aliphatic carbocycles. The minimum atomic E-state index is -0.00386. The summed E-state index contributed by atoms with van der Waals surface area (Å²) in [6, 6.07) is 14.7. The number of aryl methyl sites for hydroxylation is 1.